The lowest BCUT2D eigenvalue weighted by atomic mass is 10.1. The maximum Gasteiger partial charge on any atom is 0.0895 e. The second-order valence-electron chi connectivity index (χ2n) is 10.0. The van der Waals surface area contributed by atoms with E-state index in [1.54, 1.807) is 0 Å². The molecule has 2 aromatic heterocycles. The second kappa shape index (κ2) is 13.7. The monoisotopic (exact) mass is 530 g/mol. The Bertz CT molecular complexity index is 1330. The summed E-state index contributed by atoms with van der Waals surface area (Å²) in [6, 6.07) is 26.0. The van der Waals surface area contributed by atoms with Crippen LogP contribution in [-0.2, 0) is 0 Å². The molecule has 4 heteroatoms. The van der Waals surface area contributed by atoms with Gasteiger partial charge in [-0.2, -0.15) is 0 Å². The van der Waals surface area contributed by atoms with Crippen LogP contribution in [0.5, 0.6) is 0 Å². The smallest absolute Gasteiger partial charge is 0.0895 e. The quantitative estimate of drug-likeness (QED) is 0.194. The first-order valence-electron chi connectivity index (χ1n) is 14.5. The Labute approximate surface area is 240 Å². The highest BCUT2D eigenvalue weighted by molar-refractivity contribution is 5.75. The van der Waals surface area contributed by atoms with Crippen molar-refractivity contribution in [2.75, 3.05) is 36.0 Å². The van der Waals surface area contributed by atoms with Gasteiger partial charge in [0.1, 0.15) is 0 Å². The zero-order valence-corrected chi connectivity index (χ0v) is 24.9. The standard InChI is InChI=1S/C36H42N4/c1-7-39(8-2)33-19-15-29(16-20-33)11-13-31-23-27(5)37-35(25-31)36-26-32(24-28(6)38-36)14-12-30-17-21-34(22-18-30)40(9-3)10-4/h11-26H,7-10H2,1-6H3/b13-11+,14-12+. The molecule has 0 radical (unpaired) electrons. The molecule has 40 heavy (non-hydrogen) atoms. The van der Waals surface area contributed by atoms with Crippen molar-refractivity contribution in [1.82, 2.24) is 9.97 Å². The molecule has 2 heterocycles. The van der Waals surface area contributed by atoms with Crippen LogP contribution in [0.1, 0.15) is 61.3 Å². The Morgan fingerprint density at radius 3 is 1.12 bits per heavy atom. The number of nitrogens with zero attached hydrogens (tertiary/aromatic N) is 4. The molecule has 0 atom stereocenters. The summed E-state index contributed by atoms with van der Waals surface area (Å²) in [7, 11) is 0. The molecule has 0 saturated carbocycles. The first-order valence-corrected chi connectivity index (χ1v) is 14.5. The fraction of sp³-hybridized carbons (Fsp3) is 0.278. The average molecular weight is 531 g/mol. The van der Waals surface area contributed by atoms with E-state index in [2.05, 4.69) is 135 Å². The second-order valence-corrected chi connectivity index (χ2v) is 10.0. The van der Waals surface area contributed by atoms with E-state index in [9.17, 15) is 0 Å². The van der Waals surface area contributed by atoms with Gasteiger partial charge in [0.05, 0.1) is 11.4 Å². The molecule has 0 aliphatic rings. The molecule has 4 nitrogen and oxygen atoms in total. The van der Waals surface area contributed by atoms with E-state index >= 15 is 0 Å². The van der Waals surface area contributed by atoms with Crippen molar-refractivity contribution < 1.29 is 0 Å². The molecule has 0 amide bonds. The summed E-state index contributed by atoms with van der Waals surface area (Å²) in [5, 5.41) is 0. The number of anilines is 2. The van der Waals surface area contributed by atoms with Crippen molar-refractivity contribution in [3.05, 3.63) is 106 Å². The molecule has 0 spiro atoms. The van der Waals surface area contributed by atoms with E-state index in [1.807, 2.05) is 13.8 Å². The van der Waals surface area contributed by atoms with Gasteiger partial charge in [-0.25, -0.2) is 0 Å². The molecule has 0 N–H and O–H groups in total. The molecule has 0 aliphatic heterocycles. The zero-order chi connectivity index (χ0) is 28.5. The molecule has 2 aromatic carbocycles. The van der Waals surface area contributed by atoms with E-state index in [0.29, 0.717) is 0 Å². The minimum Gasteiger partial charge on any atom is -0.372 e. The largest absolute Gasteiger partial charge is 0.372 e. The van der Waals surface area contributed by atoms with Crippen molar-refractivity contribution in [3.63, 3.8) is 0 Å². The summed E-state index contributed by atoms with van der Waals surface area (Å²) < 4.78 is 0. The molecular formula is C36H42N4. The molecule has 206 valence electrons. The Balaban J connectivity index is 1.54. The number of pyridine rings is 2. The van der Waals surface area contributed by atoms with Gasteiger partial charge in [0.2, 0.25) is 0 Å². The van der Waals surface area contributed by atoms with E-state index < -0.39 is 0 Å². The van der Waals surface area contributed by atoms with Crippen molar-refractivity contribution >= 4 is 35.7 Å². The minimum atomic E-state index is 0.887. The Hall–Kier alpha value is -4.18. The van der Waals surface area contributed by atoms with E-state index in [1.165, 1.54) is 22.5 Å². The van der Waals surface area contributed by atoms with Gasteiger partial charge in [0, 0.05) is 48.9 Å². The maximum atomic E-state index is 4.82. The van der Waals surface area contributed by atoms with Crippen LogP contribution in [0.4, 0.5) is 11.4 Å². The van der Waals surface area contributed by atoms with Crippen LogP contribution in [0, 0.1) is 13.8 Å². The highest BCUT2D eigenvalue weighted by Crippen LogP contribution is 2.23. The van der Waals surface area contributed by atoms with Crippen LogP contribution in [0.3, 0.4) is 0 Å². The van der Waals surface area contributed by atoms with Gasteiger partial charge in [-0.15, -0.1) is 0 Å². The normalized spacial score (nSPS) is 11.4. The van der Waals surface area contributed by atoms with Gasteiger partial charge < -0.3 is 9.80 Å². The maximum absolute atomic E-state index is 4.82. The molecule has 0 unspecified atom stereocenters. The Kier molecular flexibility index (Phi) is 9.91. The molecule has 4 aromatic rings. The third-order valence-corrected chi connectivity index (χ3v) is 7.19. The van der Waals surface area contributed by atoms with Gasteiger partial charge in [-0.05, 0) is 112 Å². The predicted molar refractivity (Wildman–Crippen MR) is 175 cm³/mol. The first-order chi connectivity index (χ1) is 19.4. The molecule has 0 aliphatic carbocycles. The first kappa shape index (κ1) is 28.8. The lowest BCUT2D eigenvalue weighted by Gasteiger charge is -2.20. The van der Waals surface area contributed by atoms with Gasteiger partial charge in [-0.3, -0.25) is 9.97 Å². The molecule has 0 bridgehead atoms. The SMILES string of the molecule is CCN(CC)c1ccc(/C=C/c2cc(C)nc(-c3cc(/C=C/c4ccc(N(CC)CC)cc4)cc(C)n3)c2)cc1. The Morgan fingerprint density at radius 1 is 0.475 bits per heavy atom. The van der Waals surface area contributed by atoms with Crippen LogP contribution in [-0.4, -0.2) is 36.1 Å². The number of aromatic nitrogens is 2. The lowest BCUT2D eigenvalue weighted by molar-refractivity contribution is 0.866. The van der Waals surface area contributed by atoms with Crippen molar-refractivity contribution in [3.8, 4) is 11.4 Å². The van der Waals surface area contributed by atoms with Crippen LogP contribution >= 0.6 is 0 Å². The van der Waals surface area contributed by atoms with Crippen molar-refractivity contribution in [2.24, 2.45) is 0 Å². The number of aryl methyl sites for hydroxylation is 2. The van der Waals surface area contributed by atoms with Crippen LogP contribution < -0.4 is 9.80 Å². The summed E-state index contributed by atoms with van der Waals surface area (Å²) in [6.45, 7) is 16.9. The van der Waals surface area contributed by atoms with E-state index in [0.717, 1.165) is 60.1 Å². The number of hydrogen-bond donors (Lipinski definition) is 0. The number of benzene rings is 2. The van der Waals surface area contributed by atoms with E-state index in [4.69, 9.17) is 9.97 Å². The van der Waals surface area contributed by atoms with Gasteiger partial charge >= 0.3 is 0 Å². The summed E-state index contributed by atoms with van der Waals surface area (Å²) in [5.41, 5.74) is 10.8. The third kappa shape index (κ3) is 7.47. The fourth-order valence-electron chi connectivity index (χ4n) is 5.00. The Morgan fingerprint density at radius 2 is 0.800 bits per heavy atom. The molecule has 4 rings (SSSR count). The predicted octanol–water partition coefficient (Wildman–Crippen LogP) is 8.79. The van der Waals surface area contributed by atoms with Gasteiger partial charge in [0.25, 0.3) is 0 Å². The van der Waals surface area contributed by atoms with E-state index in [-0.39, 0.29) is 0 Å². The number of rotatable bonds is 11. The van der Waals surface area contributed by atoms with Gasteiger partial charge in [-0.1, -0.05) is 48.6 Å². The highest BCUT2D eigenvalue weighted by atomic mass is 15.1. The summed E-state index contributed by atoms with van der Waals surface area (Å²) in [4.78, 5) is 14.4. The third-order valence-electron chi connectivity index (χ3n) is 7.19. The summed E-state index contributed by atoms with van der Waals surface area (Å²) >= 11 is 0. The fourth-order valence-corrected chi connectivity index (χ4v) is 5.00. The minimum absolute atomic E-state index is 0.887. The average Bonchev–Trinajstić information content (AvgIpc) is 2.97. The van der Waals surface area contributed by atoms with Gasteiger partial charge in [0.15, 0.2) is 0 Å². The summed E-state index contributed by atoms with van der Waals surface area (Å²) in [5.74, 6) is 0. The zero-order valence-electron chi connectivity index (χ0n) is 24.9. The molecule has 0 saturated heterocycles. The van der Waals surface area contributed by atoms with Crippen molar-refractivity contribution in [1.29, 1.82) is 0 Å². The molecular weight excluding hydrogens is 488 g/mol. The van der Waals surface area contributed by atoms with Crippen molar-refractivity contribution in [2.45, 2.75) is 41.5 Å². The highest BCUT2D eigenvalue weighted by Gasteiger charge is 2.07. The van der Waals surface area contributed by atoms with Crippen LogP contribution in [0.15, 0.2) is 72.8 Å². The lowest BCUT2D eigenvalue weighted by Crippen LogP contribution is -2.21. The van der Waals surface area contributed by atoms with Crippen LogP contribution in [0.25, 0.3) is 35.7 Å². The van der Waals surface area contributed by atoms with Crippen LogP contribution in [0.2, 0.25) is 0 Å². The number of hydrogen-bond acceptors (Lipinski definition) is 4. The topological polar surface area (TPSA) is 32.3 Å². The summed E-state index contributed by atoms with van der Waals surface area (Å²) in [6.07, 6.45) is 8.63. The molecule has 0 fully saturated rings.